The van der Waals surface area contributed by atoms with Crippen LogP contribution >= 0.6 is 11.8 Å². The monoisotopic (exact) mass is 402 g/mol. The molecule has 5 nitrogen and oxygen atoms in total. The first kappa shape index (κ1) is 19.4. The number of likely N-dealkylation sites (tertiary alicyclic amines) is 1. The van der Waals surface area contributed by atoms with Gasteiger partial charge in [0.05, 0.1) is 10.8 Å². The Morgan fingerprint density at radius 3 is 2.50 bits per heavy atom. The first-order valence-electron chi connectivity index (χ1n) is 10.1. The van der Waals surface area contributed by atoms with E-state index in [9.17, 15) is 9.18 Å². The zero-order valence-electron chi connectivity index (χ0n) is 16.6. The van der Waals surface area contributed by atoms with Crippen LogP contribution in [0.5, 0.6) is 0 Å². The van der Waals surface area contributed by atoms with Crippen LogP contribution in [0.15, 0.2) is 29.4 Å². The van der Waals surface area contributed by atoms with Crippen molar-refractivity contribution < 1.29 is 9.18 Å². The molecule has 1 aromatic carbocycles. The number of halogens is 1. The molecule has 28 heavy (non-hydrogen) atoms. The van der Waals surface area contributed by atoms with Crippen molar-refractivity contribution in [2.45, 2.75) is 56.5 Å². The van der Waals surface area contributed by atoms with E-state index < -0.39 is 0 Å². The van der Waals surface area contributed by atoms with E-state index in [-0.39, 0.29) is 17.0 Å². The van der Waals surface area contributed by atoms with Crippen molar-refractivity contribution in [2.75, 3.05) is 13.1 Å². The number of benzene rings is 1. The van der Waals surface area contributed by atoms with Crippen LogP contribution in [-0.4, -0.2) is 43.9 Å². The molecule has 1 saturated carbocycles. The van der Waals surface area contributed by atoms with E-state index in [0.717, 1.165) is 25.9 Å². The van der Waals surface area contributed by atoms with Gasteiger partial charge in [-0.3, -0.25) is 9.36 Å². The van der Waals surface area contributed by atoms with Gasteiger partial charge in [0.15, 0.2) is 11.0 Å². The van der Waals surface area contributed by atoms with E-state index in [1.54, 1.807) is 12.1 Å². The summed E-state index contributed by atoms with van der Waals surface area (Å²) in [6.45, 7) is 8.00. The van der Waals surface area contributed by atoms with Gasteiger partial charge in [0, 0.05) is 19.1 Å². The molecule has 7 heteroatoms. The summed E-state index contributed by atoms with van der Waals surface area (Å²) < 4.78 is 16.3. The molecule has 1 aliphatic heterocycles. The van der Waals surface area contributed by atoms with Gasteiger partial charge in [-0.2, -0.15) is 0 Å². The molecule has 0 spiro atoms. The van der Waals surface area contributed by atoms with E-state index in [4.69, 9.17) is 0 Å². The molecule has 0 N–H and O–H groups in total. The summed E-state index contributed by atoms with van der Waals surface area (Å²) in [4.78, 5) is 15.0. The van der Waals surface area contributed by atoms with Crippen molar-refractivity contribution in [1.29, 1.82) is 0 Å². The molecule has 1 amide bonds. The fourth-order valence-electron chi connectivity index (χ4n) is 4.15. The van der Waals surface area contributed by atoms with Gasteiger partial charge in [0.25, 0.3) is 0 Å². The highest BCUT2D eigenvalue weighted by Gasteiger charge is 2.34. The van der Waals surface area contributed by atoms with Crippen molar-refractivity contribution in [3.05, 3.63) is 30.1 Å². The second kappa shape index (κ2) is 7.85. The first-order valence-corrected chi connectivity index (χ1v) is 11.0. The van der Waals surface area contributed by atoms with Gasteiger partial charge in [0.1, 0.15) is 5.82 Å². The Labute approximate surface area is 169 Å². The highest BCUT2D eigenvalue weighted by Crippen LogP contribution is 2.42. The summed E-state index contributed by atoms with van der Waals surface area (Å²) in [7, 11) is 0. The topological polar surface area (TPSA) is 51.0 Å². The van der Waals surface area contributed by atoms with Gasteiger partial charge in [0.2, 0.25) is 5.91 Å². The maximum atomic E-state index is 14.3. The number of nitrogens with zero attached hydrogens (tertiary/aromatic N) is 4. The number of carbonyl (C=O) groups is 1. The van der Waals surface area contributed by atoms with E-state index >= 15 is 0 Å². The molecule has 2 aliphatic rings. The van der Waals surface area contributed by atoms with Gasteiger partial charge in [-0.1, -0.05) is 37.7 Å². The van der Waals surface area contributed by atoms with E-state index in [0.29, 0.717) is 34.4 Å². The number of rotatable bonds is 5. The minimum Gasteiger partial charge on any atom is -0.341 e. The van der Waals surface area contributed by atoms with Crippen LogP contribution in [0, 0.1) is 17.7 Å². The van der Waals surface area contributed by atoms with Gasteiger partial charge in [-0.25, -0.2) is 4.39 Å². The zero-order valence-corrected chi connectivity index (χ0v) is 17.5. The molecule has 2 heterocycles. The third-order valence-electron chi connectivity index (χ3n) is 5.50. The lowest BCUT2D eigenvalue weighted by Crippen LogP contribution is -2.45. The fourth-order valence-corrected chi connectivity index (χ4v) is 5.16. The van der Waals surface area contributed by atoms with Crippen LogP contribution in [0.25, 0.3) is 11.4 Å². The minimum atomic E-state index is -0.297. The molecule has 1 aliphatic carbocycles. The number of piperidine rings is 1. The molecular formula is C21H27FN4OS. The minimum absolute atomic E-state index is 0.154. The molecular weight excluding hydrogens is 375 g/mol. The second-order valence-corrected chi connectivity index (χ2v) is 9.64. The van der Waals surface area contributed by atoms with Crippen LogP contribution in [0.4, 0.5) is 4.39 Å². The number of carbonyl (C=O) groups excluding carboxylic acids is 1. The lowest BCUT2D eigenvalue weighted by atomic mass is 9.92. The van der Waals surface area contributed by atoms with Crippen molar-refractivity contribution in [3.63, 3.8) is 0 Å². The molecule has 4 rings (SSSR count). The quantitative estimate of drug-likeness (QED) is 0.696. The Hall–Kier alpha value is -1.89. The lowest BCUT2D eigenvalue weighted by Gasteiger charge is -2.36. The van der Waals surface area contributed by atoms with E-state index in [1.807, 2.05) is 22.5 Å². The SMILES string of the molecule is CC1CC(C)CN(C(=O)C(C)Sc2nnc(-c3ccccc3F)n2C2CC2)C1. The van der Waals surface area contributed by atoms with Crippen LogP contribution in [-0.2, 0) is 4.79 Å². The van der Waals surface area contributed by atoms with Crippen LogP contribution in [0.1, 0.15) is 46.1 Å². The average Bonchev–Trinajstić information content (AvgIpc) is 3.41. The van der Waals surface area contributed by atoms with Crippen molar-refractivity contribution in [1.82, 2.24) is 19.7 Å². The largest absolute Gasteiger partial charge is 0.341 e. The maximum absolute atomic E-state index is 14.3. The van der Waals surface area contributed by atoms with Crippen LogP contribution < -0.4 is 0 Å². The Morgan fingerprint density at radius 1 is 1.18 bits per heavy atom. The number of hydrogen-bond acceptors (Lipinski definition) is 4. The van der Waals surface area contributed by atoms with Crippen molar-refractivity contribution in [3.8, 4) is 11.4 Å². The standard InChI is InChI=1S/C21H27FN4OS/c1-13-10-14(2)12-25(11-13)20(27)15(3)28-21-24-23-19(26(21)16-8-9-16)17-6-4-5-7-18(17)22/h4-7,13-16H,8-12H2,1-3H3. The van der Waals surface area contributed by atoms with E-state index in [2.05, 4.69) is 24.0 Å². The third-order valence-corrected chi connectivity index (χ3v) is 6.55. The predicted molar refractivity (Wildman–Crippen MR) is 109 cm³/mol. The van der Waals surface area contributed by atoms with Gasteiger partial charge < -0.3 is 4.90 Å². The Bertz CT molecular complexity index is 856. The first-order chi connectivity index (χ1) is 13.4. The number of thioether (sulfide) groups is 1. The van der Waals surface area contributed by atoms with E-state index in [1.165, 1.54) is 24.2 Å². The molecule has 1 saturated heterocycles. The highest BCUT2D eigenvalue weighted by atomic mass is 32.2. The molecule has 2 aromatic rings. The lowest BCUT2D eigenvalue weighted by molar-refractivity contribution is -0.132. The number of aromatic nitrogens is 3. The smallest absolute Gasteiger partial charge is 0.235 e. The fraction of sp³-hybridized carbons (Fsp3) is 0.571. The summed E-state index contributed by atoms with van der Waals surface area (Å²) in [6, 6.07) is 6.95. The molecule has 1 aromatic heterocycles. The Kier molecular flexibility index (Phi) is 5.45. The molecule has 0 bridgehead atoms. The van der Waals surface area contributed by atoms with Crippen LogP contribution in [0.3, 0.4) is 0 Å². The molecule has 2 fully saturated rings. The zero-order chi connectivity index (χ0) is 19.8. The van der Waals surface area contributed by atoms with Crippen molar-refractivity contribution >= 4 is 17.7 Å². The van der Waals surface area contributed by atoms with Gasteiger partial charge in [-0.05, 0) is 50.2 Å². The maximum Gasteiger partial charge on any atom is 0.235 e. The summed E-state index contributed by atoms with van der Waals surface area (Å²) in [5, 5.41) is 9.08. The van der Waals surface area contributed by atoms with Gasteiger partial charge >= 0.3 is 0 Å². The normalized spacial score (nSPS) is 23.6. The second-order valence-electron chi connectivity index (χ2n) is 8.34. The highest BCUT2D eigenvalue weighted by molar-refractivity contribution is 8.00. The number of hydrogen-bond donors (Lipinski definition) is 0. The third kappa shape index (κ3) is 3.95. The molecule has 0 radical (unpaired) electrons. The Morgan fingerprint density at radius 2 is 1.86 bits per heavy atom. The number of amides is 1. The van der Waals surface area contributed by atoms with Crippen LogP contribution in [0.2, 0.25) is 0 Å². The summed E-state index contributed by atoms with van der Waals surface area (Å²) in [5.74, 6) is 1.48. The Balaban J connectivity index is 1.55. The molecule has 150 valence electrons. The summed E-state index contributed by atoms with van der Waals surface area (Å²) >= 11 is 1.44. The van der Waals surface area contributed by atoms with Crippen molar-refractivity contribution in [2.24, 2.45) is 11.8 Å². The predicted octanol–water partition coefficient (Wildman–Crippen LogP) is 4.40. The summed E-state index contributed by atoms with van der Waals surface area (Å²) in [5.41, 5.74) is 0.464. The summed E-state index contributed by atoms with van der Waals surface area (Å²) in [6.07, 6.45) is 3.25. The molecule has 3 atom stereocenters. The average molecular weight is 403 g/mol. The van der Waals surface area contributed by atoms with Gasteiger partial charge in [-0.15, -0.1) is 10.2 Å². The molecule has 3 unspecified atom stereocenters.